The fourth-order valence-electron chi connectivity index (χ4n) is 3.47. The number of likely N-dealkylation sites (tertiary alicyclic amines) is 1. The molecule has 116 valence electrons. The summed E-state index contributed by atoms with van der Waals surface area (Å²) in [4.78, 5) is 15.0. The molecule has 2 rings (SSSR count). The largest absolute Gasteiger partial charge is 0.379 e. The molecule has 2 heterocycles. The second kappa shape index (κ2) is 7.99. The van der Waals surface area contributed by atoms with Gasteiger partial charge in [-0.15, -0.1) is 0 Å². The van der Waals surface area contributed by atoms with Gasteiger partial charge in [-0.05, 0) is 38.6 Å². The van der Waals surface area contributed by atoms with Crippen molar-refractivity contribution in [3.8, 4) is 0 Å². The molecule has 20 heavy (non-hydrogen) atoms. The van der Waals surface area contributed by atoms with Crippen LogP contribution in [0.25, 0.3) is 0 Å². The van der Waals surface area contributed by atoms with E-state index in [1.165, 1.54) is 12.8 Å². The van der Waals surface area contributed by atoms with Gasteiger partial charge < -0.3 is 15.0 Å². The predicted molar refractivity (Wildman–Crippen MR) is 80.7 cm³/mol. The minimum absolute atomic E-state index is 0.0269. The average molecular weight is 282 g/mol. The van der Waals surface area contributed by atoms with E-state index in [-0.39, 0.29) is 12.0 Å². The smallest absolute Gasteiger partial charge is 0.229 e. The third-order valence-corrected chi connectivity index (χ3v) is 4.59. The van der Waals surface area contributed by atoms with Crippen molar-refractivity contribution in [3.05, 3.63) is 0 Å². The summed E-state index contributed by atoms with van der Waals surface area (Å²) in [6.07, 6.45) is 7.01. The van der Waals surface area contributed by atoms with Crippen LogP contribution in [0.5, 0.6) is 0 Å². The molecule has 2 aliphatic heterocycles. The molecule has 0 radical (unpaired) electrons. The van der Waals surface area contributed by atoms with E-state index in [1.54, 1.807) is 0 Å². The van der Waals surface area contributed by atoms with Crippen molar-refractivity contribution >= 4 is 5.91 Å². The van der Waals surface area contributed by atoms with E-state index in [0.717, 1.165) is 38.8 Å². The van der Waals surface area contributed by atoms with Gasteiger partial charge in [0, 0.05) is 18.6 Å². The second-order valence-electron chi connectivity index (χ2n) is 6.17. The van der Waals surface area contributed by atoms with Crippen LogP contribution in [0, 0.1) is 5.92 Å². The first-order valence-electron chi connectivity index (χ1n) is 8.39. The van der Waals surface area contributed by atoms with Gasteiger partial charge in [-0.3, -0.25) is 4.79 Å². The van der Waals surface area contributed by atoms with Crippen molar-refractivity contribution in [2.75, 3.05) is 26.3 Å². The molecule has 0 aliphatic carbocycles. The minimum Gasteiger partial charge on any atom is -0.379 e. The molecular weight excluding hydrogens is 252 g/mol. The van der Waals surface area contributed by atoms with Gasteiger partial charge in [-0.2, -0.15) is 0 Å². The highest BCUT2D eigenvalue weighted by Gasteiger charge is 2.38. The molecule has 4 nitrogen and oxygen atoms in total. The summed E-state index contributed by atoms with van der Waals surface area (Å²) < 4.78 is 5.56. The van der Waals surface area contributed by atoms with Crippen molar-refractivity contribution in [1.29, 1.82) is 0 Å². The van der Waals surface area contributed by atoms with Gasteiger partial charge in [0.15, 0.2) is 0 Å². The van der Waals surface area contributed by atoms with Crippen molar-refractivity contribution in [3.63, 3.8) is 0 Å². The number of amides is 1. The van der Waals surface area contributed by atoms with E-state index in [4.69, 9.17) is 4.74 Å². The SMILES string of the molecule is CCCNC1COCC1C(=O)N1CCCCC1CCC. The standard InChI is InChI=1S/C16H30N2O2/c1-3-7-13-8-5-6-10-18(13)16(19)14-11-20-12-15(14)17-9-4-2/h13-15,17H,3-12H2,1-2H3. The number of ether oxygens (including phenoxy) is 1. The maximum absolute atomic E-state index is 12.9. The molecule has 3 atom stereocenters. The van der Waals surface area contributed by atoms with Crippen LogP contribution in [0.1, 0.15) is 52.4 Å². The zero-order chi connectivity index (χ0) is 14.4. The lowest BCUT2D eigenvalue weighted by molar-refractivity contribution is -0.140. The fourth-order valence-corrected chi connectivity index (χ4v) is 3.47. The normalized spacial score (nSPS) is 30.7. The van der Waals surface area contributed by atoms with Crippen LogP contribution in [0.3, 0.4) is 0 Å². The number of carbonyl (C=O) groups is 1. The van der Waals surface area contributed by atoms with E-state index in [1.807, 2.05) is 0 Å². The third kappa shape index (κ3) is 3.73. The van der Waals surface area contributed by atoms with Crippen LogP contribution in [-0.4, -0.2) is 49.2 Å². The minimum atomic E-state index is 0.0269. The summed E-state index contributed by atoms with van der Waals surface area (Å²) in [5, 5.41) is 3.48. The second-order valence-corrected chi connectivity index (χ2v) is 6.17. The van der Waals surface area contributed by atoms with Crippen LogP contribution in [0.2, 0.25) is 0 Å². The maximum atomic E-state index is 12.9. The molecule has 1 amide bonds. The molecule has 4 heteroatoms. The quantitative estimate of drug-likeness (QED) is 0.812. The molecule has 0 spiro atoms. The number of piperidine rings is 1. The maximum Gasteiger partial charge on any atom is 0.229 e. The zero-order valence-electron chi connectivity index (χ0n) is 13.1. The molecule has 2 fully saturated rings. The molecule has 1 N–H and O–H groups in total. The molecule has 0 bridgehead atoms. The summed E-state index contributed by atoms with van der Waals surface area (Å²) in [5.74, 6) is 0.355. The van der Waals surface area contributed by atoms with Crippen LogP contribution in [0.4, 0.5) is 0 Å². The van der Waals surface area contributed by atoms with Gasteiger partial charge in [0.1, 0.15) is 0 Å². The highest BCUT2D eigenvalue weighted by Crippen LogP contribution is 2.25. The first-order chi connectivity index (χ1) is 9.77. The van der Waals surface area contributed by atoms with E-state index >= 15 is 0 Å². The van der Waals surface area contributed by atoms with Gasteiger partial charge in [-0.1, -0.05) is 20.3 Å². The summed E-state index contributed by atoms with van der Waals surface area (Å²) in [6.45, 7) is 7.55. The molecule has 2 saturated heterocycles. The Labute approximate surface area is 123 Å². The van der Waals surface area contributed by atoms with Crippen LogP contribution in [-0.2, 0) is 9.53 Å². The molecule has 0 aromatic carbocycles. The number of nitrogens with zero attached hydrogens (tertiary/aromatic N) is 1. The van der Waals surface area contributed by atoms with E-state index in [0.29, 0.717) is 25.2 Å². The summed E-state index contributed by atoms with van der Waals surface area (Å²) in [6, 6.07) is 0.681. The molecule has 0 aromatic heterocycles. The molecule has 2 aliphatic rings. The predicted octanol–water partition coefficient (Wildman–Crippen LogP) is 2.18. The van der Waals surface area contributed by atoms with Gasteiger partial charge >= 0.3 is 0 Å². The highest BCUT2D eigenvalue weighted by atomic mass is 16.5. The zero-order valence-corrected chi connectivity index (χ0v) is 13.1. The van der Waals surface area contributed by atoms with Gasteiger partial charge in [-0.25, -0.2) is 0 Å². The molecular formula is C16H30N2O2. The lowest BCUT2D eigenvalue weighted by Crippen LogP contribution is -2.51. The number of rotatable bonds is 6. The molecule has 3 unspecified atom stereocenters. The Bertz CT molecular complexity index is 307. The number of hydrogen-bond donors (Lipinski definition) is 1. The molecule has 0 saturated carbocycles. The van der Waals surface area contributed by atoms with Crippen molar-refractivity contribution < 1.29 is 9.53 Å². The highest BCUT2D eigenvalue weighted by molar-refractivity contribution is 5.80. The Kier molecular flexibility index (Phi) is 6.30. The lowest BCUT2D eigenvalue weighted by atomic mass is 9.94. The summed E-state index contributed by atoms with van der Waals surface area (Å²) in [5.41, 5.74) is 0. The molecule has 0 aromatic rings. The van der Waals surface area contributed by atoms with E-state index in [9.17, 15) is 4.79 Å². The number of nitrogens with one attached hydrogen (secondary N) is 1. The Morgan fingerprint density at radius 2 is 2.10 bits per heavy atom. The van der Waals surface area contributed by atoms with Gasteiger partial charge in [0.25, 0.3) is 0 Å². The van der Waals surface area contributed by atoms with Crippen LogP contribution < -0.4 is 5.32 Å². The van der Waals surface area contributed by atoms with Gasteiger partial charge in [0.05, 0.1) is 19.1 Å². The Morgan fingerprint density at radius 1 is 1.25 bits per heavy atom. The average Bonchev–Trinajstić information content (AvgIpc) is 2.93. The van der Waals surface area contributed by atoms with Crippen molar-refractivity contribution in [1.82, 2.24) is 10.2 Å². The lowest BCUT2D eigenvalue weighted by Gasteiger charge is -2.38. The number of hydrogen-bond acceptors (Lipinski definition) is 3. The number of carbonyl (C=O) groups excluding carboxylic acids is 1. The Morgan fingerprint density at radius 3 is 2.85 bits per heavy atom. The van der Waals surface area contributed by atoms with E-state index in [2.05, 4.69) is 24.1 Å². The van der Waals surface area contributed by atoms with Crippen molar-refractivity contribution in [2.24, 2.45) is 5.92 Å². The first kappa shape index (κ1) is 15.8. The van der Waals surface area contributed by atoms with Crippen molar-refractivity contribution in [2.45, 2.75) is 64.5 Å². The topological polar surface area (TPSA) is 41.6 Å². The fraction of sp³-hybridized carbons (Fsp3) is 0.938. The first-order valence-corrected chi connectivity index (χ1v) is 8.39. The van der Waals surface area contributed by atoms with Crippen LogP contribution in [0.15, 0.2) is 0 Å². The van der Waals surface area contributed by atoms with Gasteiger partial charge in [0.2, 0.25) is 5.91 Å². The van der Waals surface area contributed by atoms with Crippen LogP contribution >= 0.6 is 0 Å². The third-order valence-electron chi connectivity index (χ3n) is 4.59. The van der Waals surface area contributed by atoms with E-state index < -0.39 is 0 Å². The Hall–Kier alpha value is -0.610. The Balaban J connectivity index is 1.96. The summed E-state index contributed by atoms with van der Waals surface area (Å²) in [7, 11) is 0. The summed E-state index contributed by atoms with van der Waals surface area (Å²) >= 11 is 0. The monoisotopic (exact) mass is 282 g/mol.